The molecule has 4 nitrogen and oxygen atoms in total. The summed E-state index contributed by atoms with van der Waals surface area (Å²) in [4.78, 5) is 13.6. The van der Waals surface area contributed by atoms with Crippen LogP contribution in [0, 0.1) is 12.7 Å². The van der Waals surface area contributed by atoms with E-state index in [1.807, 2.05) is 32.2 Å². The minimum Gasteiger partial charge on any atom is -0.373 e. The smallest absolute Gasteiger partial charge is 0.163 e. The molecule has 0 spiro atoms. The first kappa shape index (κ1) is 16.1. The van der Waals surface area contributed by atoms with E-state index >= 15 is 0 Å². The maximum absolute atomic E-state index is 13.2. The van der Waals surface area contributed by atoms with E-state index in [0.29, 0.717) is 5.82 Å². The molecule has 2 heterocycles. The van der Waals surface area contributed by atoms with Crippen molar-refractivity contribution >= 4 is 16.7 Å². The molecule has 128 valence electrons. The van der Waals surface area contributed by atoms with Gasteiger partial charge in [-0.1, -0.05) is 12.1 Å². The number of hydrogen-bond donors (Lipinski definition) is 1. The minimum atomic E-state index is -0.244. The predicted octanol–water partition coefficient (Wildman–Crippen LogP) is 4.85. The zero-order valence-corrected chi connectivity index (χ0v) is 14.5. The molecule has 1 N–H and O–H groups in total. The van der Waals surface area contributed by atoms with E-state index in [2.05, 4.69) is 21.4 Å². The molecule has 0 aliphatic carbocycles. The predicted molar refractivity (Wildman–Crippen MR) is 102 cm³/mol. The number of nitrogens with zero attached hydrogens (tertiary/aromatic N) is 3. The van der Waals surface area contributed by atoms with Crippen molar-refractivity contribution in [2.24, 2.45) is 0 Å². The third-order valence-electron chi connectivity index (χ3n) is 4.33. The Labute approximate surface area is 150 Å². The summed E-state index contributed by atoms with van der Waals surface area (Å²) in [6, 6.07) is 14.4. The number of hydrogen-bond acceptors (Lipinski definition) is 4. The monoisotopic (exact) mass is 344 g/mol. The third kappa shape index (κ3) is 2.88. The molecule has 26 heavy (non-hydrogen) atoms. The quantitative estimate of drug-likeness (QED) is 0.577. The highest BCUT2D eigenvalue weighted by atomic mass is 19.1. The maximum atomic E-state index is 13.2. The van der Waals surface area contributed by atoms with Gasteiger partial charge in [-0.05, 0) is 60.0 Å². The molecule has 0 atom stereocenters. The van der Waals surface area contributed by atoms with Crippen LogP contribution in [0.2, 0.25) is 0 Å². The molecule has 2 aromatic carbocycles. The van der Waals surface area contributed by atoms with E-state index < -0.39 is 0 Å². The molecular formula is C21H17FN4. The number of fused-ring (bicyclic) bond motifs is 1. The van der Waals surface area contributed by atoms with Crippen LogP contribution in [-0.4, -0.2) is 22.0 Å². The van der Waals surface area contributed by atoms with Gasteiger partial charge in [0, 0.05) is 30.4 Å². The standard InChI is InChI=1S/C21H17FN4/c1-13-10-16(14-5-7-17(22)8-6-14)11-18-19(13)25-20(26-21(18)23-2)15-4-3-9-24-12-15/h3-12H,1-2H3,(H,23,25,26). The van der Waals surface area contributed by atoms with Crippen LogP contribution in [-0.2, 0) is 0 Å². The maximum Gasteiger partial charge on any atom is 0.163 e. The Morgan fingerprint density at radius 3 is 2.42 bits per heavy atom. The number of aryl methyl sites for hydroxylation is 1. The van der Waals surface area contributed by atoms with Gasteiger partial charge in [0.05, 0.1) is 5.52 Å². The summed E-state index contributed by atoms with van der Waals surface area (Å²) in [6.45, 7) is 2.02. The van der Waals surface area contributed by atoms with Gasteiger partial charge in [-0.25, -0.2) is 14.4 Å². The zero-order chi connectivity index (χ0) is 18.1. The van der Waals surface area contributed by atoms with Crippen LogP contribution in [0.5, 0.6) is 0 Å². The molecule has 0 aliphatic heterocycles. The average Bonchev–Trinajstić information content (AvgIpc) is 2.68. The number of benzene rings is 2. The molecule has 0 unspecified atom stereocenters. The van der Waals surface area contributed by atoms with Crippen molar-refractivity contribution in [2.45, 2.75) is 6.92 Å². The van der Waals surface area contributed by atoms with Crippen molar-refractivity contribution in [3.05, 3.63) is 72.3 Å². The third-order valence-corrected chi connectivity index (χ3v) is 4.33. The van der Waals surface area contributed by atoms with Crippen molar-refractivity contribution in [3.63, 3.8) is 0 Å². The number of anilines is 1. The van der Waals surface area contributed by atoms with E-state index in [4.69, 9.17) is 4.98 Å². The van der Waals surface area contributed by atoms with Gasteiger partial charge in [-0.2, -0.15) is 0 Å². The van der Waals surface area contributed by atoms with Crippen LogP contribution in [0.1, 0.15) is 5.56 Å². The van der Waals surface area contributed by atoms with Gasteiger partial charge in [0.15, 0.2) is 5.82 Å². The number of pyridine rings is 1. The number of aromatic nitrogens is 3. The van der Waals surface area contributed by atoms with Crippen LogP contribution in [0.25, 0.3) is 33.4 Å². The largest absolute Gasteiger partial charge is 0.373 e. The van der Waals surface area contributed by atoms with Crippen molar-refractivity contribution in [1.29, 1.82) is 0 Å². The van der Waals surface area contributed by atoms with E-state index in [-0.39, 0.29) is 5.82 Å². The van der Waals surface area contributed by atoms with Crippen LogP contribution in [0.3, 0.4) is 0 Å². The first-order chi connectivity index (χ1) is 12.7. The average molecular weight is 344 g/mol. The molecule has 0 saturated carbocycles. The molecule has 0 fully saturated rings. The van der Waals surface area contributed by atoms with Gasteiger partial charge in [0.1, 0.15) is 11.6 Å². The molecule has 0 bridgehead atoms. The highest BCUT2D eigenvalue weighted by Gasteiger charge is 2.12. The lowest BCUT2D eigenvalue weighted by atomic mass is 10.00. The van der Waals surface area contributed by atoms with Gasteiger partial charge in [0.2, 0.25) is 0 Å². The zero-order valence-electron chi connectivity index (χ0n) is 14.5. The second-order valence-corrected chi connectivity index (χ2v) is 6.08. The molecule has 0 aliphatic rings. The lowest BCUT2D eigenvalue weighted by Gasteiger charge is -2.12. The molecule has 0 saturated heterocycles. The normalized spacial score (nSPS) is 10.9. The van der Waals surface area contributed by atoms with Gasteiger partial charge in [-0.15, -0.1) is 0 Å². The Morgan fingerprint density at radius 1 is 0.923 bits per heavy atom. The fraction of sp³-hybridized carbons (Fsp3) is 0.0952. The summed E-state index contributed by atoms with van der Waals surface area (Å²) < 4.78 is 13.2. The van der Waals surface area contributed by atoms with Gasteiger partial charge in [0.25, 0.3) is 0 Å². The lowest BCUT2D eigenvalue weighted by molar-refractivity contribution is 0.628. The fourth-order valence-electron chi connectivity index (χ4n) is 3.03. The lowest BCUT2D eigenvalue weighted by Crippen LogP contribution is -2.00. The van der Waals surface area contributed by atoms with Crippen LogP contribution in [0.4, 0.5) is 10.2 Å². The topological polar surface area (TPSA) is 50.7 Å². The van der Waals surface area contributed by atoms with Gasteiger partial charge < -0.3 is 5.32 Å². The summed E-state index contributed by atoms with van der Waals surface area (Å²) in [5.74, 6) is 1.14. The Bertz CT molecular complexity index is 1080. The number of nitrogens with one attached hydrogen (secondary N) is 1. The van der Waals surface area contributed by atoms with E-state index in [1.54, 1.807) is 24.5 Å². The van der Waals surface area contributed by atoms with Crippen molar-refractivity contribution < 1.29 is 4.39 Å². The second kappa shape index (κ2) is 6.52. The second-order valence-electron chi connectivity index (χ2n) is 6.08. The first-order valence-corrected chi connectivity index (χ1v) is 8.32. The van der Waals surface area contributed by atoms with E-state index in [1.165, 1.54) is 12.1 Å². The first-order valence-electron chi connectivity index (χ1n) is 8.32. The van der Waals surface area contributed by atoms with Crippen LogP contribution >= 0.6 is 0 Å². The Balaban J connectivity index is 1.93. The molecule has 5 heteroatoms. The van der Waals surface area contributed by atoms with Crippen molar-refractivity contribution in [1.82, 2.24) is 15.0 Å². The Kier molecular flexibility index (Phi) is 4.05. The summed E-state index contributed by atoms with van der Waals surface area (Å²) >= 11 is 0. The summed E-state index contributed by atoms with van der Waals surface area (Å²) in [5, 5.41) is 4.09. The Morgan fingerprint density at radius 2 is 1.73 bits per heavy atom. The van der Waals surface area contributed by atoms with Crippen LogP contribution < -0.4 is 5.32 Å². The summed E-state index contributed by atoms with van der Waals surface area (Å²) in [5.41, 5.74) is 4.74. The van der Waals surface area contributed by atoms with Gasteiger partial charge >= 0.3 is 0 Å². The Hall–Kier alpha value is -3.34. The van der Waals surface area contributed by atoms with Crippen molar-refractivity contribution in [3.8, 4) is 22.5 Å². The minimum absolute atomic E-state index is 0.244. The number of halogens is 1. The molecule has 4 aromatic rings. The van der Waals surface area contributed by atoms with E-state index in [0.717, 1.165) is 39.0 Å². The highest BCUT2D eigenvalue weighted by molar-refractivity contribution is 5.95. The van der Waals surface area contributed by atoms with E-state index in [9.17, 15) is 4.39 Å². The van der Waals surface area contributed by atoms with Gasteiger partial charge in [-0.3, -0.25) is 4.98 Å². The molecular weight excluding hydrogens is 327 g/mol. The van der Waals surface area contributed by atoms with Crippen molar-refractivity contribution in [2.75, 3.05) is 12.4 Å². The molecule has 2 aromatic heterocycles. The summed E-state index contributed by atoms with van der Waals surface area (Å²) in [6.07, 6.45) is 3.48. The SMILES string of the molecule is CNc1nc(-c2cccnc2)nc2c(C)cc(-c3ccc(F)cc3)cc12. The molecule has 0 radical (unpaired) electrons. The summed E-state index contributed by atoms with van der Waals surface area (Å²) in [7, 11) is 1.84. The van der Waals surface area contributed by atoms with Crippen LogP contribution in [0.15, 0.2) is 60.9 Å². The molecule has 0 amide bonds. The fourth-order valence-corrected chi connectivity index (χ4v) is 3.03. The number of rotatable bonds is 3. The highest BCUT2D eigenvalue weighted by Crippen LogP contribution is 2.31. The molecule has 4 rings (SSSR count).